The molecular weight excluding hydrogens is 439 g/mol. The van der Waals surface area contributed by atoms with Gasteiger partial charge in [-0.2, -0.15) is 0 Å². The average molecular weight is 468 g/mol. The van der Waals surface area contributed by atoms with Gasteiger partial charge < -0.3 is 15.1 Å². The summed E-state index contributed by atoms with van der Waals surface area (Å²) in [5.74, 6) is 2.33. The molecule has 0 aliphatic heterocycles. The van der Waals surface area contributed by atoms with E-state index < -0.39 is 0 Å². The molecule has 0 amide bonds. The number of rotatable bonds is 5. The molecule has 3 rings (SSSR count). The van der Waals surface area contributed by atoms with Crippen LogP contribution >= 0.6 is 24.0 Å². The number of aromatic nitrogens is 1. The van der Waals surface area contributed by atoms with Crippen molar-refractivity contribution in [2.75, 3.05) is 7.05 Å². The third-order valence-corrected chi connectivity index (χ3v) is 4.93. The SMILES string of the molecule is CCC1CCCC(NC(=NC)NCc2coc(-c3ccccc3)n2)C1.I. The smallest absolute Gasteiger partial charge is 0.226 e. The van der Waals surface area contributed by atoms with E-state index in [1.807, 2.05) is 37.4 Å². The van der Waals surface area contributed by atoms with Crippen LogP contribution in [0.15, 0.2) is 46.0 Å². The lowest BCUT2D eigenvalue weighted by Crippen LogP contribution is -2.45. The molecule has 0 bridgehead atoms. The van der Waals surface area contributed by atoms with Crippen molar-refractivity contribution < 1.29 is 4.42 Å². The van der Waals surface area contributed by atoms with Crippen LogP contribution in [-0.2, 0) is 6.54 Å². The fourth-order valence-electron chi connectivity index (χ4n) is 3.46. The Morgan fingerprint density at radius 2 is 2.08 bits per heavy atom. The first-order valence-corrected chi connectivity index (χ1v) is 9.25. The fourth-order valence-corrected chi connectivity index (χ4v) is 3.46. The second-order valence-electron chi connectivity index (χ2n) is 6.72. The summed E-state index contributed by atoms with van der Waals surface area (Å²) < 4.78 is 5.58. The van der Waals surface area contributed by atoms with Crippen molar-refractivity contribution in [2.45, 2.75) is 51.6 Å². The van der Waals surface area contributed by atoms with Crippen LogP contribution < -0.4 is 10.6 Å². The van der Waals surface area contributed by atoms with Gasteiger partial charge in [0.25, 0.3) is 0 Å². The normalized spacial score (nSPS) is 20.3. The van der Waals surface area contributed by atoms with Crippen molar-refractivity contribution in [3.8, 4) is 11.5 Å². The third kappa shape index (κ3) is 5.72. The summed E-state index contributed by atoms with van der Waals surface area (Å²) in [6, 6.07) is 10.5. The summed E-state index contributed by atoms with van der Waals surface area (Å²) in [5, 5.41) is 6.91. The van der Waals surface area contributed by atoms with Gasteiger partial charge in [0.1, 0.15) is 6.26 Å². The Bertz CT molecular complexity index is 686. The van der Waals surface area contributed by atoms with E-state index in [4.69, 9.17) is 4.42 Å². The lowest BCUT2D eigenvalue weighted by molar-refractivity contribution is 0.298. The van der Waals surface area contributed by atoms with Gasteiger partial charge in [-0.05, 0) is 30.9 Å². The first kappa shape index (κ1) is 20.7. The van der Waals surface area contributed by atoms with Gasteiger partial charge in [-0.15, -0.1) is 24.0 Å². The van der Waals surface area contributed by atoms with E-state index in [1.165, 1.54) is 32.1 Å². The van der Waals surface area contributed by atoms with E-state index in [0.717, 1.165) is 23.1 Å². The van der Waals surface area contributed by atoms with Gasteiger partial charge in [0, 0.05) is 18.7 Å². The van der Waals surface area contributed by atoms with E-state index in [0.29, 0.717) is 18.5 Å². The van der Waals surface area contributed by atoms with Crippen LogP contribution in [0.3, 0.4) is 0 Å². The zero-order valence-electron chi connectivity index (χ0n) is 15.6. The summed E-state index contributed by atoms with van der Waals surface area (Å²) in [6.07, 6.45) is 8.10. The zero-order valence-corrected chi connectivity index (χ0v) is 17.9. The molecule has 0 spiro atoms. The highest BCUT2D eigenvalue weighted by atomic mass is 127. The number of aliphatic imine (C=N–C) groups is 1. The number of hydrogen-bond donors (Lipinski definition) is 2. The summed E-state index contributed by atoms with van der Waals surface area (Å²) in [5.41, 5.74) is 1.86. The first-order valence-electron chi connectivity index (χ1n) is 9.25. The van der Waals surface area contributed by atoms with E-state index in [-0.39, 0.29) is 24.0 Å². The molecule has 1 saturated carbocycles. The van der Waals surface area contributed by atoms with Crippen LogP contribution in [0.4, 0.5) is 0 Å². The lowest BCUT2D eigenvalue weighted by atomic mass is 9.84. The molecule has 142 valence electrons. The molecule has 2 atom stereocenters. The number of guanidine groups is 1. The standard InChI is InChI=1S/C20H28N4O.HI/c1-3-15-8-7-11-17(12-15)24-20(21-2)22-13-18-14-25-19(23-18)16-9-5-4-6-10-16;/h4-6,9-10,14-15,17H,3,7-8,11-13H2,1-2H3,(H2,21,22,24);1H. The van der Waals surface area contributed by atoms with Gasteiger partial charge >= 0.3 is 0 Å². The van der Waals surface area contributed by atoms with Gasteiger partial charge in [0.05, 0.1) is 12.2 Å². The van der Waals surface area contributed by atoms with Crippen LogP contribution in [-0.4, -0.2) is 24.0 Å². The Morgan fingerprint density at radius 3 is 2.81 bits per heavy atom. The molecule has 1 aliphatic rings. The molecule has 0 radical (unpaired) electrons. The van der Waals surface area contributed by atoms with Crippen molar-refractivity contribution in [3.05, 3.63) is 42.3 Å². The average Bonchev–Trinajstić information content (AvgIpc) is 3.15. The van der Waals surface area contributed by atoms with Gasteiger partial charge in [-0.25, -0.2) is 4.98 Å². The van der Waals surface area contributed by atoms with Gasteiger partial charge in [-0.3, -0.25) is 4.99 Å². The lowest BCUT2D eigenvalue weighted by Gasteiger charge is -2.30. The second kappa shape index (κ2) is 10.5. The molecule has 1 aromatic heterocycles. The second-order valence-corrected chi connectivity index (χ2v) is 6.72. The molecule has 1 aromatic carbocycles. The summed E-state index contributed by atoms with van der Waals surface area (Å²) in [7, 11) is 1.81. The maximum Gasteiger partial charge on any atom is 0.226 e. The predicted molar refractivity (Wildman–Crippen MR) is 117 cm³/mol. The maximum absolute atomic E-state index is 5.58. The number of oxazole rings is 1. The van der Waals surface area contributed by atoms with Crippen LogP contribution in [0.25, 0.3) is 11.5 Å². The molecule has 5 nitrogen and oxygen atoms in total. The Labute approximate surface area is 173 Å². The summed E-state index contributed by atoms with van der Waals surface area (Å²) >= 11 is 0. The molecule has 1 heterocycles. The highest BCUT2D eigenvalue weighted by Gasteiger charge is 2.21. The van der Waals surface area contributed by atoms with Crippen LogP contribution in [0, 0.1) is 5.92 Å². The van der Waals surface area contributed by atoms with Gasteiger partial charge in [-0.1, -0.05) is 44.4 Å². The van der Waals surface area contributed by atoms with E-state index >= 15 is 0 Å². The molecule has 26 heavy (non-hydrogen) atoms. The van der Waals surface area contributed by atoms with Crippen LogP contribution in [0.5, 0.6) is 0 Å². The largest absolute Gasteiger partial charge is 0.444 e. The van der Waals surface area contributed by atoms with Crippen LogP contribution in [0.1, 0.15) is 44.7 Å². The topological polar surface area (TPSA) is 62.5 Å². The van der Waals surface area contributed by atoms with E-state index in [2.05, 4.69) is 27.5 Å². The Kier molecular flexibility index (Phi) is 8.41. The summed E-state index contributed by atoms with van der Waals surface area (Å²) in [4.78, 5) is 8.90. The zero-order chi connectivity index (χ0) is 17.5. The van der Waals surface area contributed by atoms with Crippen molar-refractivity contribution in [3.63, 3.8) is 0 Å². The van der Waals surface area contributed by atoms with Crippen molar-refractivity contribution in [1.82, 2.24) is 15.6 Å². The minimum atomic E-state index is 0. The maximum atomic E-state index is 5.58. The van der Waals surface area contributed by atoms with Crippen molar-refractivity contribution in [2.24, 2.45) is 10.9 Å². The third-order valence-electron chi connectivity index (χ3n) is 4.93. The monoisotopic (exact) mass is 468 g/mol. The van der Waals surface area contributed by atoms with E-state index in [9.17, 15) is 0 Å². The quantitative estimate of drug-likeness (QED) is 0.383. The first-order chi connectivity index (χ1) is 12.3. The summed E-state index contributed by atoms with van der Waals surface area (Å²) in [6.45, 7) is 2.88. The fraction of sp³-hybridized carbons (Fsp3) is 0.500. The van der Waals surface area contributed by atoms with Crippen molar-refractivity contribution in [1.29, 1.82) is 0 Å². The number of nitrogens with zero attached hydrogens (tertiary/aromatic N) is 2. The molecule has 2 aromatic rings. The Hall–Kier alpha value is -1.57. The predicted octanol–water partition coefficient (Wildman–Crippen LogP) is 4.59. The number of halogens is 1. The van der Waals surface area contributed by atoms with Crippen molar-refractivity contribution >= 4 is 29.9 Å². The number of benzene rings is 1. The molecule has 1 aliphatic carbocycles. The number of nitrogens with one attached hydrogen (secondary N) is 2. The van der Waals surface area contributed by atoms with Gasteiger partial charge in [0.2, 0.25) is 5.89 Å². The number of hydrogen-bond acceptors (Lipinski definition) is 3. The van der Waals surface area contributed by atoms with E-state index in [1.54, 1.807) is 6.26 Å². The highest BCUT2D eigenvalue weighted by molar-refractivity contribution is 14.0. The molecule has 2 N–H and O–H groups in total. The molecule has 0 saturated heterocycles. The molecule has 2 unspecified atom stereocenters. The molecule has 1 fully saturated rings. The molecule has 6 heteroatoms. The van der Waals surface area contributed by atoms with Gasteiger partial charge in [0.15, 0.2) is 5.96 Å². The Balaban J connectivity index is 0.00000243. The van der Waals surface area contributed by atoms with Crippen LogP contribution in [0.2, 0.25) is 0 Å². The molecular formula is C20H29IN4O. The Morgan fingerprint density at radius 1 is 1.27 bits per heavy atom. The highest BCUT2D eigenvalue weighted by Crippen LogP contribution is 2.26. The minimum absolute atomic E-state index is 0. The minimum Gasteiger partial charge on any atom is -0.444 e.